The molecule has 2 rings (SSSR count). The third-order valence-electron chi connectivity index (χ3n) is 3.08. The lowest BCUT2D eigenvalue weighted by Gasteiger charge is -2.34. The van der Waals surface area contributed by atoms with Crippen LogP contribution in [0.3, 0.4) is 0 Å². The molecule has 7 heteroatoms. The van der Waals surface area contributed by atoms with Crippen LogP contribution in [-0.4, -0.2) is 37.8 Å². The number of hydrogen-bond acceptors (Lipinski definition) is 2. The predicted octanol–water partition coefficient (Wildman–Crippen LogP) is 3.35. The second-order valence-corrected chi connectivity index (χ2v) is 4.89. The van der Waals surface area contributed by atoms with Crippen molar-refractivity contribution in [3.8, 4) is 0 Å². The van der Waals surface area contributed by atoms with Crippen LogP contribution in [0.1, 0.15) is 11.6 Å². The average molecular weight is 378 g/mol. The summed E-state index contributed by atoms with van der Waals surface area (Å²) in [6, 6.07) is 4.42. The van der Waals surface area contributed by atoms with Crippen LogP contribution < -0.4 is 5.32 Å². The summed E-state index contributed by atoms with van der Waals surface area (Å²) in [4.78, 5) is 2.05. The SMILES string of the molecule is Cl.Cl.FC[C@@H](c1cccc(F)c1Br)N1CCNCC1. The zero-order valence-corrected chi connectivity index (χ0v) is 13.5. The van der Waals surface area contributed by atoms with Crippen LogP contribution in [0.4, 0.5) is 8.78 Å². The molecule has 2 nitrogen and oxygen atoms in total. The zero-order valence-electron chi connectivity index (χ0n) is 10.2. The third-order valence-corrected chi connectivity index (χ3v) is 3.92. The molecular weight excluding hydrogens is 361 g/mol. The van der Waals surface area contributed by atoms with Crippen LogP contribution >= 0.6 is 40.7 Å². The van der Waals surface area contributed by atoms with Gasteiger partial charge in [-0.2, -0.15) is 0 Å². The van der Waals surface area contributed by atoms with E-state index in [0.717, 1.165) is 26.2 Å². The lowest BCUT2D eigenvalue weighted by atomic mass is 10.1. The van der Waals surface area contributed by atoms with E-state index in [1.54, 1.807) is 12.1 Å². The Morgan fingerprint density at radius 3 is 2.47 bits per heavy atom. The fraction of sp³-hybridized carbons (Fsp3) is 0.500. The first-order valence-electron chi connectivity index (χ1n) is 5.68. The Hall–Kier alpha value is 0.0600. The first-order valence-corrected chi connectivity index (χ1v) is 6.48. The molecule has 110 valence electrons. The van der Waals surface area contributed by atoms with Gasteiger partial charge in [-0.25, -0.2) is 8.78 Å². The topological polar surface area (TPSA) is 15.3 Å². The van der Waals surface area contributed by atoms with Gasteiger partial charge in [0.15, 0.2) is 0 Å². The molecule has 1 atom stereocenters. The Kier molecular flexibility index (Phi) is 9.11. The van der Waals surface area contributed by atoms with Crippen molar-refractivity contribution in [1.82, 2.24) is 10.2 Å². The number of rotatable bonds is 3. The second-order valence-electron chi connectivity index (χ2n) is 4.10. The molecule has 0 aliphatic carbocycles. The van der Waals surface area contributed by atoms with E-state index in [0.29, 0.717) is 10.0 Å². The van der Waals surface area contributed by atoms with Gasteiger partial charge in [-0.15, -0.1) is 24.8 Å². The molecule has 0 unspecified atom stereocenters. The van der Waals surface area contributed by atoms with Crippen LogP contribution in [-0.2, 0) is 0 Å². The fourth-order valence-electron chi connectivity index (χ4n) is 2.15. The lowest BCUT2D eigenvalue weighted by molar-refractivity contribution is 0.147. The Balaban J connectivity index is 0.00000162. The van der Waals surface area contributed by atoms with E-state index in [9.17, 15) is 8.78 Å². The van der Waals surface area contributed by atoms with Gasteiger partial charge < -0.3 is 5.32 Å². The number of alkyl halides is 1. The number of nitrogens with one attached hydrogen (secondary N) is 1. The van der Waals surface area contributed by atoms with Crippen molar-refractivity contribution in [1.29, 1.82) is 0 Å². The monoisotopic (exact) mass is 376 g/mol. The maximum absolute atomic E-state index is 13.4. The van der Waals surface area contributed by atoms with Crippen LogP contribution in [0.25, 0.3) is 0 Å². The minimum Gasteiger partial charge on any atom is -0.314 e. The standard InChI is InChI=1S/C12H15BrF2N2.2ClH/c13-12-9(2-1-3-10(12)15)11(8-14)17-6-4-16-5-7-17;;/h1-3,11,16H,4-8H2;2*1H/t11-;;/m0../s1. The van der Waals surface area contributed by atoms with Crippen LogP contribution in [0.5, 0.6) is 0 Å². The highest BCUT2D eigenvalue weighted by molar-refractivity contribution is 9.10. The number of hydrogen-bond donors (Lipinski definition) is 1. The first-order chi connectivity index (χ1) is 8.24. The third kappa shape index (κ3) is 4.53. The molecule has 0 spiro atoms. The molecule has 0 bridgehead atoms. The van der Waals surface area contributed by atoms with Crippen molar-refractivity contribution < 1.29 is 8.78 Å². The van der Waals surface area contributed by atoms with E-state index in [1.807, 2.05) is 0 Å². The summed E-state index contributed by atoms with van der Waals surface area (Å²) in [5.41, 5.74) is 0.689. The van der Waals surface area contributed by atoms with Gasteiger partial charge >= 0.3 is 0 Å². The number of halogens is 5. The van der Waals surface area contributed by atoms with E-state index < -0.39 is 6.67 Å². The summed E-state index contributed by atoms with van der Waals surface area (Å²) in [6.45, 7) is 2.78. The number of benzene rings is 1. The van der Waals surface area contributed by atoms with Gasteiger partial charge in [0.1, 0.15) is 12.5 Å². The molecule has 1 aromatic carbocycles. The van der Waals surface area contributed by atoms with Crippen molar-refractivity contribution in [3.63, 3.8) is 0 Å². The van der Waals surface area contributed by atoms with Crippen molar-refractivity contribution in [3.05, 3.63) is 34.1 Å². The largest absolute Gasteiger partial charge is 0.314 e. The van der Waals surface area contributed by atoms with Gasteiger partial charge in [0.25, 0.3) is 0 Å². The van der Waals surface area contributed by atoms with Crippen molar-refractivity contribution in [2.75, 3.05) is 32.9 Å². The van der Waals surface area contributed by atoms with Gasteiger partial charge in [0.2, 0.25) is 0 Å². The van der Waals surface area contributed by atoms with E-state index in [2.05, 4.69) is 26.1 Å². The van der Waals surface area contributed by atoms with Crippen LogP contribution in [0.15, 0.2) is 22.7 Å². The molecule has 0 radical (unpaired) electrons. The van der Waals surface area contributed by atoms with Crippen LogP contribution in [0.2, 0.25) is 0 Å². The van der Waals surface area contributed by atoms with Crippen LogP contribution in [0, 0.1) is 5.82 Å². The second kappa shape index (κ2) is 9.08. The lowest BCUT2D eigenvalue weighted by Crippen LogP contribution is -2.45. The highest BCUT2D eigenvalue weighted by atomic mass is 79.9. The average Bonchev–Trinajstić information content (AvgIpc) is 2.37. The molecule has 19 heavy (non-hydrogen) atoms. The Bertz CT molecular complexity index is 390. The summed E-state index contributed by atoms with van der Waals surface area (Å²) >= 11 is 3.20. The first kappa shape index (κ1) is 19.1. The Labute approximate surface area is 132 Å². The zero-order chi connectivity index (χ0) is 12.3. The molecule has 1 N–H and O–H groups in total. The molecule has 1 aliphatic rings. The summed E-state index contributed by atoms with van der Waals surface area (Å²) in [6.07, 6.45) is 0. The summed E-state index contributed by atoms with van der Waals surface area (Å²) < 4.78 is 27.1. The predicted molar refractivity (Wildman–Crippen MR) is 81.8 cm³/mol. The Morgan fingerprint density at radius 2 is 1.89 bits per heavy atom. The highest BCUT2D eigenvalue weighted by Crippen LogP contribution is 2.30. The molecule has 1 aromatic rings. The van der Waals surface area contributed by atoms with Gasteiger partial charge in [0, 0.05) is 26.2 Å². The van der Waals surface area contributed by atoms with Gasteiger partial charge in [-0.1, -0.05) is 12.1 Å². The maximum Gasteiger partial charge on any atom is 0.137 e. The molecule has 0 saturated carbocycles. The maximum atomic E-state index is 13.4. The molecule has 1 saturated heterocycles. The molecule has 1 aliphatic heterocycles. The smallest absolute Gasteiger partial charge is 0.137 e. The summed E-state index contributed by atoms with van der Waals surface area (Å²) in [5.74, 6) is -0.337. The van der Waals surface area contributed by atoms with E-state index in [1.165, 1.54) is 6.07 Å². The molecule has 1 fully saturated rings. The summed E-state index contributed by atoms with van der Waals surface area (Å²) in [7, 11) is 0. The van der Waals surface area contributed by atoms with E-state index >= 15 is 0 Å². The summed E-state index contributed by atoms with van der Waals surface area (Å²) in [5, 5.41) is 3.22. The quantitative estimate of drug-likeness (QED) is 0.868. The van der Waals surface area contributed by atoms with Gasteiger partial charge in [-0.3, -0.25) is 4.90 Å². The van der Waals surface area contributed by atoms with E-state index in [-0.39, 0.29) is 36.7 Å². The van der Waals surface area contributed by atoms with Crippen molar-refractivity contribution in [2.24, 2.45) is 0 Å². The van der Waals surface area contributed by atoms with Crippen molar-refractivity contribution in [2.45, 2.75) is 6.04 Å². The number of piperazine rings is 1. The normalized spacial score (nSPS) is 17.2. The molecule has 0 aromatic heterocycles. The fourth-order valence-corrected chi connectivity index (χ4v) is 2.68. The van der Waals surface area contributed by atoms with Gasteiger partial charge in [0.05, 0.1) is 10.5 Å². The minimum atomic E-state index is -0.498. The molecule has 1 heterocycles. The Morgan fingerprint density at radius 1 is 1.26 bits per heavy atom. The number of nitrogens with zero attached hydrogens (tertiary/aromatic N) is 1. The van der Waals surface area contributed by atoms with Crippen molar-refractivity contribution >= 4 is 40.7 Å². The van der Waals surface area contributed by atoms with E-state index in [4.69, 9.17) is 0 Å². The molecule has 0 amide bonds. The minimum absolute atomic E-state index is 0. The van der Waals surface area contributed by atoms with Gasteiger partial charge in [-0.05, 0) is 27.6 Å². The highest BCUT2D eigenvalue weighted by Gasteiger charge is 2.24. The molecular formula is C12H17BrCl2F2N2.